The van der Waals surface area contributed by atoms with Crippen LogP contribution in [0.3, 0.4) is 0 Å². The van der Waals surface area contributed by atoms with Crippen LogP contribution in [0, 0.1) is 5.95 Å². The van der Waals surface area contributed by atoms with E-state index in [2.05, 4.69) is 15.3 Å². The van der Waals surface area contributed by atoms with Gasteiger partial charge in [-0.25, -0.2) is 14.8 Å². The smallest absolute Gasteiger partial charge is 0.347 e. The highest BCUT2D eigenvalue weighted by Crippen LogP contribution is 2.32. The Bertz CT molecular complexity index is 931. The van der Waals surface area contributed by atoms with E-state index in [4.69, 9.17) is 16.3 Å². The third kappa shape index (κ3) is 3.90. The molecule has 1 amide bonds. The molecule has 2 N–H and O–H groups in total. The van der Waals surface area contributed by atoms with E-state index in [-0.39, 0.29) is 23.9 Å². The molecule has 0 aromatic carbocycles. The third-order valence-corrected chi connectivity index (χ3v) is 4.30. The predicted octanol–water partition coefficient (Wildman–Crippen LogP) is 2.87. The largest absolute Gasteiger partial charge is 0.511 e. The average molecular weight is 392 g/mol. The number of carbonyl (C=O) groups is 2. The summed E-state index contributed by atoms with van der Waals surface area (Å²) in [6.45, 7) is 1.69. The number of pyridine rings is 2. The topological polar surface area (TPSA) is 101 Å². The van der Waals surface area contributed by atoms with Crippen LogP contribution in [0.4, 0.5) is 4.39 Å². The van der Waals surface area contributed by atoms with Gasteiger partial charge in [-0.1, -0.05) is 11.6 Å². The minimum atomic E-state index is -0.877. The zero-order chi connectivity index (χ0) is 19.6. The Balaban J connectivity index is 1.92. The molecule has 9 heteroatoms. The molecule has 2 aromatic heterocycles. The van der Waals surface area contributed by atoms with Crippen LogP contribution in [-0.2, 0) is 14.3 Å². The number of aliphatic hydroxyl groups excluding tert-OH is 1. The summed E-state index contributed by atoms with van der Waals surface area (Å²) >= 11 is 6.13. The van der Waals surface area contributed by atoms with Gasteiger partial charge in [-0.05, 0) is 30.7 Å². The molecule has 0 bridgehead atoms. The number of hydrogen-bond acceptors (Lipinski definition) is 6. The van der Waals surface area contributed by atoms with Gasteiger partial charge >= 0.3 is 5.97 Å². The van der Waals surface area contributed by atoms with Gasteiger partial charge in [0.2, 0.25) is 5.95 Å². The normalized spacial score (nSPS) is 16.9. The molecule has 140 valence electrons. The molecule has 1 aliphatic heterocycles. The SMILES string of the molecule is CCOC(=O)C1=C(O)CC(c2cnc(Cl)c(-c3ccc(F)nc3)c2)NC1=O. The van der Waals surface area contributed by atoms with Gasteiger partial charge in [0.25, 0.3) is 5.91 Å². The predicted molar refractivity (Wildman–Crippen MR) is 94.2 cm³/mol. The van der Waals surface area contributed by atoms with E-state index in [1.807, 2.05) is 0 Å². The van der Waals surface area contributed by atoms with Crippen LogP contribution in [0.15, 0.2) is 41.9 Å². The second-order valence-electron chi connectivity index (χ2n) is 5.75. The Morgan fingerprint density at radius 1 is 1.41 bits per heavy atom. The number of esters is 1. The molecule has 7 nitrogen and oxygen atoms in total. The third-order valence-electron chi connectivity index (χ3n) is 4.00. The Kier molecular flexibility index (Phi) is 5.36. The summed E-state index contributed by atoms with van der Waals surface area (Å²) < 4.78 is 17.8. The van der Waals surface area contributed by atoms with Gasteiger partial charge < -0.3 is 15.2 Å². The maximum atomic E-state index is 13.0. The van der Waals surface area contributed by atoms with Gasteiger partial charge in [0, 0.05) is 29.9 Å². The van der Waals surface area contributed by atoms with Crippen molar-refractivity contribution in [3.63, 3.8) is 0 Å². The fourth-order valence-corrected chi connectivity index (χ4v) is 2.93. The number of nitrogens with zero attached hydrogens (tertiary/aromatic N) is 2. The van der Waals surface area contributed by atoms with Crippen LogP contribution in [0.5, 0.6) is 0 Å². The van der Waals surface area contributed by atoms with Gasteiger partial charge in [0.15, 0.2) is 5.57 Å². The van der Waals surface area contributed by atoms with Crippen LogP contribution < -0.4 is 5.32 Å². The monoisotopic (exact) mass is 391 g/mol. The quantitative estimate of drug-likeness (QED) is 0.472. The lowest BCUT2D eigenvalue weighted by atomic mass is 9.95. The van der Waals surface area contributed by atoms with E-state index < -0.39 is 29.4 Å². The van der Waals surface area contributed by atoms with Crippen molar-refractivity contribution in [1.29, 1.82) is 0 Å². The molecule has 27 heavy (non-hydrogen) atoms. The summed E-state index contributed by atoms with van der Waals surface area (Å²) in [4.78, 5) is 31.7. The minimum absolute atomic E-state index is 0.00962. The summed E-state index contributed by atoms with van der Waals surface area (Å²) in [6, 6.07) is 3.75. The van der Waals surface area contributed by atoms with Crippen molar-refractivity contribution in [1.82, 2.24) is 15.3 Å². The van der Waals surface area contributed by atoms with E-state index in [0.717, 1.165) is 0 Å². The molecule has 0 fully saturated rings. The standard InChI is InChI=1S/C18H15ClFN3O4/c1-2-27-18(26)15-13(24)6-12(23-17(15)25)10-5-11(16(19)22-8-10)9-3-4-14(20)21-7-9/h3-5,7-8,12,24H,2,6H2,1H3,(H,23,25). The molecule has 3 rings (SSSR count). The molecule has 0 saturated heterocycles. The van der Waals surface area contributed by atoms with Crippen LogP contribution >= 0.6 is 11.6 Å². The van der Waals surface area contributed by atoms with Crippen LogP contribution in [-0.4, -0.2) is 33.6 Å². The summed E-state index contributed by atoms with van der Waals surface area (Å²) in [5.74, 6) is -2.59. The van der Waals surface area contributed by atoms with E-state index in [0.29, 0.717) is 16.7 Å². The number of hydrogen-bond donors (Lipinski definition) is 2. The second-order valence-corrected chi connectivity index (χ2v) is 6.11. The molecule has 0 aliphatic carbocycles. The first-order valence-corrected chi connectivity index (χ1v) is 8.46. The molecule has 0 radical (unpaired) electrons. The molecule has 0 saturated carbocycles. The van der Waals surface area contributed by atoms with Crippen molar-refractivity contribution < 1.29 is 23.8 Å². The van der Waals surface area contributed by atoms with Crippen molar-refractivity contribution >= 4 is 23.5 Å². The average Bonchev–Trinajstić information content (AvgIpc) is 2.62. The summed E-state index contributed by atoms with van der Waals surface area (Å²) in [7, 11) is 0. The first kappa shape index (κ1) is 18.8. The van der Waals surface area contributed by atoms with Gasteiger partial charge in [-0.2, -0.15) is 4.39 Å². The molecule has 1 atom stereocenters. The number of amides is 1. The maximum absolute atomic E-state index is 13.0. The number of rotatable bonds is 4. The zero-order valence-electron chi connectivity index (χ0n) is 14.2. The van der Waals surface area contributed by atoms with Gasteiger partial charge in [-0.3, -0.25) is 4.79 Å². The summed E-state index contributed by atoms with van der Waals surface area (Å²) in [6.07, 6.45) is 2.76. The highest BCUT2D eigenvalue weighted by atomic mass is 35.5. The fourth-order valence-electron chi connectivity index (χ4n) is 2.72. The number of carbonyl (C=O) groups excluding carboxylic acids is 2. The number of halogens is 2. The zero-order valence-corrected chi connectivity index (χ0v) is 15.0. The van der Waals surface area contributed by atoms with Crippen LogP contribution in [0.2, 0.25) is 5.15 Å². The molecule has 2 aromatic rings. The first-order chi connectivity index (χ1) is 12.9. The molecule has 0 spiro atoms. The second kappa shape index (κ2) is 7.71. The van der Waals surface area contributed by atoms with Gasteiger partial charge in [0.05, 0.1) is 12.6 Å². The highest BCUT2D eigenvalue weighted by Gasteiger charge is 2.33. The van der Waals surface area contributed by atoms with Gasteiger partial charge in [0.1, 0.15) is 10.9 Å². The number of nitrogens with one attached hydrogen (secondary N) is 1. The van der Waals surface area contributed by atoms with Crippen molar-refractivity contribution in [2.45, 2.75) is 19.4 Å². The number of ether oxygens (including phenoxy) is 1. The van der Waals surface area contributed by atoms with Crippen molar-refractivity contribution in [2.75, 3.05) is 6.61 Å². The van der Waals surface area contributed by atoms with E-state index in [9.17, 15) is 19.1 Å². The Morgan fingerprint density at radius 2 is 2.19 bits per heavy atom. The lowest BCUT2D eigenvalue weighted by molar-refractivity contribution is -0.141. The van der Waals surface area contributed by atoms with E-state index in [1.165, 1.54) is 24.5 Å². The van der Waals surface area contributed by atoms with E-state index in [1.54, 1.807) is 13.0 Å². The van der Waals surface area contributed by atoms with E-state index >= 15 is 0 Å². The van der Waals surface area contributed by atoms with Crippen molar-refractivity contribution in [3.05, 3.63) is 58.6 Å². The van der Waals surface area contributed by atoms with Crippen molar-refractivity contribution in [3.8, 4) is 11.1 Å². The van der Waals surface area contributed by atoms with Crippen LogP contribution in [0.1, 0.15) is 24.9 Å². The fraction of sp³-hybridized carbons (Fsp3) is 0.222. The molecule has 1 aliphatic rings. The van der Waals surface area contributed by atoms with Gasteiger partial charge in [-0.15, -0.1) is 0 Å². The van der Waals surface area contributed by atoms with Crippen molar-refractivity contribution in [2.24, 2.45) is 0 Å². The number of aromatic nitrogens is 2. The summed E-state index contributed by atoms with van der Waals surface area (Å²) in [5.41, 5.74) is 1.19. The molecular weight excluding hydrogens is 377 g/mol. The Hall–Kier alpha value is -3.00. The molecule has 1 unspecified atom stereocenters. The highest BCUT2D eigenvalue weighted by molar-refractivity contribution is 6.32. The molecular formula is C18H15ClFN3O4. The minimum Gasteiger partial charge on any atom is -0.511 e. The lowest BCUT2D eigenvalue weighted by Crippen LogP contribution is -2.38. The maximum Gasteiger partial charge on any atom is 0.347 e. The Labute approximate surface area is 158 Å². The van der Waals surface area contributed by atoms with Crippen LogP contribution in [0.25, 0.3) is 11.1 Å². The lowest BCUT2D eigenvalue weighted by Gasteiger charge is -2.25. The Morgan fingerprint density at radius 3 is 2.81 bits per heavy atom. The summed E-state index contributed by atoms with van der Waals surface area (Å²) in [5, 5.41) is 13.0. The molecule has 3 heterocycles. The number of aliphatic hydroxyl groups is 1. The first-order valence-electron chi connectivity index (χ1n) is 8.08.